The van der Waals surface area contributed by atoms with Crippen LogP contribution in [0.2, 0.25) is 5.02 Å². The highest BCUT2D eigenvalue weighted by Gasteiger charge is 2.32. The van der Waals surface area contributed by atoms with Crippen molar-refractivity contribution < 1.29 is 18.3 Å². The average Bonchev–Trinajstić information content (AvgIpc) is 3.38. The first-order valence-corrected chi connectivity index (χ1v) is 9.18. The van der Waals surface area contributed by atoms with E-state index >= 15 is 0 Å². The molecular formula is C19H21ClFN3O3. The van der Waals surface area contributed by atoms with Gasteiger partial charge in [-0.25, -0.2) is 4.39 Å². The molecule has 1 aliphatic carbocycles. The monoisotopic (exact) mass is 393 g/mol. The van der Waals surface area contributed by atoms with Crippen LogP contribution >= 0.6 is 11.6 Å². The molecule has 1 amide bonds. The molecule has 0 unspecified atom stereocenters. The minimum atomic E-state index is -0.596. The van der Waals surface area contributed by atoms with Gasteiger partial charge in [0, 0.05) is 24.1 Å². The van der Waals surface area contributed by atoms with Crippen molar-refractivity contribution in [2.75, 3.05) is 13.2 Å². The first kappa shape index (κ1) is 19.4. The molecule has 3 rings (SSSR count). The van der Waals surface area contributed by atoms with Crippen LogP contribution in [0.4, 0.5) is 4.39 Å². The van der Waals surface area contributed by atoms with E-state index in [1.807, 2.05) is 0 Å². The van der Waals surface area contributed by atoms with Gasteiger partial charge in [0.15, 0.2) is 6.61 Å². The minimum absolute atomic E-state index is 0.000946. The Kier molecular flexibility index (Phi) is 6.11. The van der Waals surface area contributed by atoms with E-state index in [-0.39, 0.29) is 29.2 Å². The lowest BCUT2D eigenvalue weighted by Crippen LogP contribution is -2.29. The van der Waals surface area contributed by atoms with Crippen LogP contribution in [0.1, 0.15) is 43.9 Å². The van der Waals surface area contributed by atoms with Crippen molar-refractivity contribution in [3.63, 3.8) is 0 Å². The Hall–Kier alpha value is -2.41. The number of amides is 1. The van der Waals surface area contributed by atoms with Gasteiger partial charge < -0.3 is 14.5 Å². The number of rotatable bonds is 9. The zero-order valence-electron chi connectivity index (χ0n) is 15.0. The maximum Gasteiger partial charge on any atom is 0.257 e. The summed E-state index contributed by atoms with van der Waals surface area (Å²) in [6.07, 6.45) is 2.88. The van der Waals surface area contributed by atoms with Gasteiger partial charge in [-0.2, -0.15) is 0 Å². The summed E-state index contributed by atoms with van der Waals surface area (Å²) < 4.78 is 24.2. The number of nitrogens with zero attached hydrogens (tertiary/aromatic N) is 2. The highest BCUT2D eigenvalue weighted by atomic mass is 35.5. The first-order valence-electron chi connectivity index (χ1n) is 8.80. The Morgan fingerprint density at radius 1 is 1.48 bits per heavy atom. The van der Waals surface area contributed by atoms with Crippen molar-refractivity contribution >= 4 is 23.1 Å². The third-order valence-corrected chi connectivity index (χ3v) is 4.78. The molecule has 0 aliphatic heterocycles. The van der Waals surface area contributed by atoms with Crippen molar-refractivity contribution in [1.29, 1.82) is 0 Å². The predicted molar refractivity (Wildman–Crippen MR) is 99.0 cm³/mol. The molecule has 2 aromatic rings. The molecule has 0 spiro atoms. The zero-order valence-corrected chi connectivity index (χ0v) is 15.8. The van der Waals surface area contributed by atoms with Gasteiger partial charge in [-0.3, -0.25) is 4.79 Å². The zero-order chi connectivity index (χ0) is 19.4. The van der Waals surface area contributed by atoms with Crippen LogP contribution in [0.25, 0.3) is 5.57 Å². The van der Waals surface area contributed by atoms with E-state index in [1.165, 1.54) is 25.0 Å². The van der Waals surface area contributed by atoms with Crippen LogP contribution in [-0.2, 0) is 4.79 Å². The summed E-state index contributed by atoms with van der Waals surface area (Å²) in [6, 6.07) is 4.00. The third kappa shape index (κ3) is 5.29. The highest BCUT2D eigenvalue weighted by Crippen LogP contribution is 2.41. The van der Waals surface area contributed by atoms with E-state index in [2.05, 4.69) is 29.0 Å². The molecule has 1 saturated carbocycles. The molecule has 8 heteroatoms. The molecular weight excluding hydrogens is 373 g/mol. The normalized spacial score (nSPS) is 14.6. The molecule has 0 saturated heterocycles. The third-order valence-electron chi connectivity index (χ3n) is 4.47. The second-order valence-electron chi connectivity index (χ2n) is 6.64. The van der Waals surface area contributed by atoms with Crippen molar-refractivity contribution in [1.82, 2.24) is 15.5 Å². The molecule has 1 N–H and O–H groups in total. The maximum atomic E-state index is 13.3. The van der Waals surface area contributed by atoms with E-state index in [4.69, 9.17) is 20.8 Å². The average molecular weight is 394 g/mol. The summed E-state index contributed by atoms with van der Waals surface area (Å²) in [5, 5.41) is 10.8. The van der Waals surface area contributed by atoms with Gasteiger partial charge in [0.25, 0.3) is 5.91 Å². The largest absolute Gasteiger partial charge is 0.484 e. The van der Waals surface area contributed by atoms with Gasteiger partial charge in [0.2, 0.25) is 11.8 Å². The maximum absolute atomic E-state index is 13.3. The van der Waals surface area contributed by atoms with Crippen molar-refractivity contribution in [2.24, 2.45) is 5.92 Å². The Balaban J connectivity index is 1.39. The fourth-order valence-electron chi connectivity index (χ4n) is 2.59. The number of aromatic nitrogens is 2. The van der Waals surface area contributed by atoms with E-state index in [0.717, 1.165) is 6.07 Å². The van der Waals surface area contributed by atoms with Crippen LogP contribution in [0, 0.1) is 11.7 Å². The highest BCUT2D eigenvalue weighted by molar-refractivity contribution is 6.30. The van der Waals surface area contributed by atoms with Gasteiger partial charge in [-0.1, -0.05) is 25.1 Å². The van der Waals surface area contributed by atoms with Gasteiger partial charge in [-0.05, 0) is 37.3 Å². The molecule has 1 heterocycles. The Labute approximate surface area is 161 Å². The molecule has 1 aromatic heterocycles. The minimum Gasteiger partial charge on any atom is -0.484 e. The number of hydrogen-bond acceptors (Lipinski definition) is 5. The summed E-state index contributed by atoms with van der Waals surface area (Å²) in [5.74, 6) is 1.27. The van der Waals surface area contributed by atoms with Gasteiger partial charge in [-0.15, -0.1) is 10.2 Å². The quantitative estimate of drug-likeness (QED) is 0.697. The molecule has 1 atom stereocenters. The van der Waals surface area contributed by atoms with Crippen LogP contribution in [0.5, 0.6) is 5.75 Å². The molecule has 0 bridgehead atoms. The predicted octanol–water partition coefficient (Wildman–Crippen LogP) is 3.97. The number of halogens is 2. The van der Waals surface area contributed by atoms with Crippen LogP contribution in [-0.4, -0.2) is 29.3 Å². The standard InChI is InChI=1S/C19H21ClFN3O3/c1-11(18-23-24-19(27-18)12(2)13-3-4-13)7-8-22-17(25)10-26-14-5-6-15(20)16(21)9-14/h5-6,9,12-13H,1,3-4,7-8,10H2,2H3,(H,22,25)/t12-/m1/s1. The molecule has 27 heavy (non-hydrogen) atoms. The van der Waals surface area contributed by atoms with E-state index < -0.39 is 5.82 Å². The number of ether oxygens (including phenoxy) is 1. The lowest BCUT2D eigenvalue weighted by molar-refractivity contribution is -0.123. The first-order chi connectivity index (χ1) is 12.9. The lowest BCUT2D eigenvalue weighted by Gasteiger charge is -2.08. The summed E-state index contributed by atoms with van der Waals surface area (Å²) in [6.45, 7) is 6.15. The van der Waals surface area contributed by atoms with Crippen molar-refractivity contribution in [2.45, 2.75) is 32.1 Å². The Morgan fingerprint density at radius 3 is 2.96 bits per heavy atom. The Morgan fingerprint density at radius 2 is 2.26 bits per heavy atom. The molecule has 144 valence electrons. The number of nitrogens with one attached hydrogen (secondary N) is 1. The fourth-order valence-corrected chi connectivity index (χ4v) is 2.70. The number of carbonyl (C=O) groups excluding carboxylic acids is 1. The number of carbonyl (C=O) groups is 1. The summed E-state index contributed by atoms with van der Waals surface area (Å²) in [7, 11) is 0. The van der Waals surface area contributed by atoms with Gasteiger partial charge in [0.05, 0.1) is 5.02 Å². The van der Waals surface area contributed by atoms with Crippen molar-refractivity contribution in [3.8, 4) is 5.75 Å². The molecule has 0 radical (unpaired) electrons. The summed E-state index contributed by atoms with van der Waals surface area (Å²) in [4.78, 5) is 11.8. The summed E-state index contributed by atoms with van der Waals surface area (Å²) >= 11 is 5.59. The van der Waals surface area contributed by atoms with Crippen LogP contribution in [0.15, 0.2) is 29.2 Å². The van der Waals surface area contributed by atoms with E-state index in [0.29, 0.717) is 36.2 Å². The smallest absolute Gasteiger partial charge is 0.257 e. The SMILES string of the molecule is C=C(CCNC(=O)COc1ccc(Cl)c(F)c1)c1nnc([C@H](C)C2CC2)o1. The van der Waals surface area contributed by atoms with Gasteiger partial charge in [0.1, 0.15) is 11.6 Å². The molecule has 1 fully saturated rings. The molecule has 1 aromatic carbocycles. The fraction of sp³-hybridized carbons (Fsp3) is 0.421. The van der Waals surface area contributed by atoms with Gasteiger partial charge >= 0.3 is 0 Å². The lowest BCUT2D eigenvalue weighted by atomic mass is 10.1. The van der Waals surface area contributed by atoms with Crippen molar-refractivity contribution in [3.05, 3.63) is 47.4 Å². The molecule has 1 aliphatic rings. The molecule has 6 nitrogen and oxygen atoms in total. The second-order valence-corrected chi connectivity index (χ2v) is 7.05. The van der Waals surface area contributed by atoms with E-state index in [1.54, 1.807) is 0 Å². The topological polar surface area (TPSA) is 77.2 Å². The Bertz CT molecular complexity index is 835. The van der Waals surface area contributed by atoms with Crippen LogP contribution < -0.4 is 10.1 Å². The number of hydrogen-bond donors (Lipinski definition) is 1. The van der Waals surface area contributed by atoms with Crippen LogP contribution in [0.3, 0.4) is 0 Å². The number of benzene rings is 1. The summed E-state index contributed by atoms with van der Waals surface area (Å²) in [5.41, 5.74) is 0.665. The second kappa shape index (κ2) is 8.52. The van der Waals surface area contributed by atoms with E-state index in [9.17, 15) is 9.18 Å².